The molecule has 0 bridgehead atoms. The minimum Gasteiger partial charge on any atom is -0.396 e. The van der Waals surface area contributed by atoms with E-state index < -0.39 is 15.7 Å². The fourth-order valence-electron chi connectivity index (χ4n) is 4.93. The normalized spacial score (nSPS) is 18.9. The van der Waals surface area contributed by atoms with Crippen LogP contribution in [0.4, 0.5) is 0 Å². The van der Waals surface area contributed by atoms with Gasteiger partial charge in [0.25, 0.3) is 5.91 Å². The summed E-state index contributed by atoms with van der Waals surface area (Å²) in [6, 6.07) is 9.98. The number of amides is 1. The summed E-state index contributed by atoms with van der Waals surface area (Å²) in [7, 11) is -1.28. The molecule has 0 saturated heterocycles. The molecule has 4 rings (SSSR count). The summed E-state index contributed by atoms with van der Waals surface area (Å²) in [5.41, 5.74) is 6.54. The van der Waals surface area contributed by atoms with Crippen LogP contribution < -0.4 is 5.32 Å². The van der Waals surface area contributed by atoms with Crippen LogP contribution >= 0.6 is 0 Å². The number of carbonyl (C=O) groups is 1. The largest absolute Gasteiger partial charge is 0.396 e. The maximum absolute atomic E-state index is 13.5. The molecule has 6 nitrogen and oxygen atoms in total. The molecular formula is C28H37N3O3S. The van der Waals surface area contributed by atoms with Crippen molar-refractivity contribution in [2.45, 2.75) is 77.1 Å². The van der Waals surface area contributed by atoms with Gasteiger partial charge in [0.2, 0.25) is 0 Å². The topological polar surface area (TPSA) is 82.5 Å². The highest BCUT2D eigenvalue weighted by Gasteiger charge is 2.40. The Morgan fingerprint density at radius 1 is 1.26 bits per heavy atom. The molecule has 0 fully saturated rings. The summed E-state index contributed by atoms with van der Waals surface area (Å²) in [5, 5.41) is 12.9. The monoisotopic (exact) mass is 495 g/mol. The smallest absolute Gasteiger partial charge is 0.269 e. The first-order valence-corrected chi connectivity index (χ1v) is 13.8. The maximum atomic E-state index is 13.5. The first kappa shape index (κ1) is 25.7. The van der Waals surface area contributed by atoms with Gasteiger partial charge in [0.15, 0.2) is 0 Å². The van der Waals surface area contributed by atoms with Crippen molar-refractivity contribution >= 4 is 22.5 Å². The predicted molar refractivity (Wildman–Crippen MR) is 142 cm³/mol. The number of pyridine rings is 1. The molecule has 188 valence electrons. The lowest BCUT2D eigenvalue weighted by molar-refractivity contribution is 0.0948. The van der Waals surface area contributed by atoms with Crippen molar-refractivity contribution in [2.24, 2.45) is 0 Å². The van der Waals surface area contributed by atoms with E-state index in [-0.39, 0.29) is 18.6 Å². The zero-order valence-corrected chi connectivity index (χ0v) is 22.1. The Bertz CT molecular complexity index is 1150. The number of allylic oxidation sites excluding steroid dienone is 2. The van der Waals surface area contributed by atoms with E-state index in [0.717, 1.165) is 41.6 Å². The predicted octanol–water partition coefficient (Wildman–Crippen LogP) is 5.16. The number of nitrogens with one attached hydrogen (secondary N) is 1. The molecule has 1 aliphatic carbocycles. The number of hydrogen-bond acceptors (Lipinski definition) is 4. The molecule has 2 heterocycles. The highest BCUT2D eigenvalue weighted by atomic mass is 32.2. The van der Waals surface area contributed by atoms with Crippen LogP contribution in [0.25, 0.3) is 16.8 Å². The molecule has 1 aromatic heterocycles. The second-order valence-corrected chi connectivity index (χ2v) is 12.5. The Kier molecular flexibility index (Phi) is 7.89. The Morgan fingerprint density at radius 3 is 2.69 bits per heavy atom. The molecule has 1 aliphatic heterocycles. The Labute approximate surface area is 211 Å². The van der Waals surface area contributed by atoms with E-state index in [1.165, 1.54) is 17.6 Å². The van der Waals surface area contributed by atoms with Crippen LogP contribution in [0.15, 0.2) is 36.4 Å². The molecule has 0 spiro atoms. The lowest BCUT2D eigenvalue weighted by Gasteiger charge is -2.30. The number of hydrogen-bond donors (Lipinski definition) is 2. The molecule has 7 heteroatoms. The van der Waals surface area contributed by atoms with E-state index in [4.69, 9.17) is 4.98 Å². The van der Waals surface area contributed by atoms with Gasteiger partial charge in [0, 0.05) is 30.8 Å². The van der Waals surface area contributed by atoms with Crippen molar-refractivity contribution in [3.8, 4) is 11.3 Å². The number of carbonyl (C=O) groups excluding carboxylic acids is 1. The third-order valence-electron chi connectivity index (χ3n) is 6.61. The van der Waals surface area contributed by atoms with Crippen molar-refractivity contribution in [1.82, 2.24) is 14.6 Å². The fraction of sp³-hybridized carbons (Fsp3) is 0.500. The van der Waals surface area contributed by atoms with Crippen molar-refractivity contribution in [2.75, 3.05) is 13.2 Å². The van der Waals surface area contributed by atoms with Gasteiger partial charge < -0.3 is 10.4 Å². The summed E-state index contributed by atoms with van der Waals surface area (Å²) in [5.74, 6) is -0.195. The molecule has 1 aromatic carbocycles. The summed E-state index contributed by atoms with van der Waals surface area (Å²) >= 11 is 0. The Morgan fingerprint density at radius 2 is 2.03 bits per heavy atom. The Hall–Kier alpha value is -2.35. The van der Waals surface area contributed by atoms with Crippen LogP contribution in [0.3, 0.4) is 0 Å². The molecule has 2 atom stereocenters. The SMILES string of the molecule is CCCNC(=O)c1cc2c(c(-c3cccc(C4=CCCC4)c3)n1)[C@H](CCO)N([S@@](=O)C(C)(C)C)C2. The number of nitrogens with zero attached hydrogens (tertiary/aromatic N) is 2. The van der Waals surface area contributed by atoms with E-state index in [1.54, 1.807) is 0 Å². The first-order valence-electron chi connectivity index (χ1n) is 12.7. The van der Waals surface area contributed by atoms with Gasteiger partial charge >= 0.3 is 0 Å². The van der Waals surface area contributed by atoms with Crippen LogP contribution in [0, 0.1) is 0 Å². The van der Waals surface area contributed by atoms with Crippen LogP contribution in [-0.4, -0.2) is 42.4 Å². The number of aliphatic hydroxyl groups is 1. The average Bonchev–Trinajstić information content (AvgIpc) is 3.50. The third kappa shape index (κ3) is 5.42. The molecular weight excluding hydrogens is 458 g/mol. The summed E-state index contributed by atoms with van der Waals surface area (Å²) in [6.45, 7) is 8.93. The number of aromatic nitrogens is 1. The molecule has 35 heavy (non-hydrogen) atoms. The third-order valence-corrected chi connectivity index (χ3v) is 8.46. The molecule has 0 radical (unpaired) electrons. The zero-order valence-electron chi connectivity index (χ0n) is 21.3. The molecule has 2 aromatic rings. The van der Waals surface area contributed by atoms with Crippen molar-refractivity contribution in [1.29, 1.82) is 0 Å². The van der Waals surface area contributed by atoms with Crippen LogP contribution in [-0.2, 0) is 17.5 Å². The van der Waals surface area contributed by atoms with E-state index in [9.17, 15) is 14.1 Å². The molecule has 1 amide bonds. The zero-order chi connectivity index (χ0) is 25.2. The lowest BCUT2D eigenvalue weighted by atomic mass is 9.94. The number of aliphatic hydroxyl groups excluding tert-OH is 1. The van der Waals surface area contributed by atoms with Gasteiger partial charge in [0.1, 0.15) is 16.7 Å². The molecule has 2 N–H and O–H groups in total. The van der Waals surface area contributed by atoms with Crippen LogP contribution in [0.1, 0.15) is 93.0 Å². The molecule has 0 saturated carbocycles. The minimum atomic E-state index is -1.28. The quantitative estimate of drug-likeness (QED) is 0.530. The van der Waals surface area contributed by atoms with Gasteiger partial charge in [0.05, 0.1) is 16.5 Å². The van der Waals surface area contributed by atoms with Gasteiger partial charge in [-0.05, 0) is 81.7 Å². The number of fused-ring (bicyclic) bond motifs is 1. The van der Waals surface area contributed by atoms with Gasteiger partial charge in [-0.15, -0.1) is 0 Å². The fourth-order valence-corrected chi connectivity index (χ4v) is 6.34. The first-order chi connectivity index (χ1) is 16.7. The lowest BCUT2D eigenvalue weighted by Crippen LogP contribution is -2.36. The minimum absolute atomic E-state index is 0.0208. The molecule has 0 unspecified atom stereocenters. The summed E-state index contributed by atoms with van der Waals surface area (Å²) in [6.07, 6.45) is 6.94. The highest BCUT2D eigenvalue weighted by Crippen LogP contribution is 2.44. The summed E-state index contributed by atoms with van der Waals surface area (Å²) < 4.78 is 15.0. The van der Waals surface area contributed by atoms with E-state index in [0.29, 0.717) is 25.2 Å². The van der Waals surface area contributed by atoms with E-state index in [2.05, 4.69) is 23.5 Å². The second-order valence-electron chi connectivity index (χ2n) is 10.4. The maximum Gasteiger partial charge on any atom is 0.269 e. The standard InChI is InChI=1S/C28H37N3O3S/c1-5-14-29-27(33)23-17-22-18-31(35(34)28(2,3)4)24(13-15-32)25(22)26(30-23)21-12-8-11-20(16-21)19-9-6-7-10-19/h8-9,11-12,16-17,24,32H,5-7,10,13-15,18H2,1-4H3,(H,29,33)/t24-,35-/m0/s1. The number of rotatable bonds is 8. The highest BCUT2D eigenvalue weighted by molar-refractivity contribution is 7.84. The van der Waals surface area contributed by atoms with Crippen molar-refractivity contribution < 1.29 is 14.1 Å². The van der Waals surface area contributed by atoms with Crippen LogP contribution in [0.5, 0.6) is 0 Å². The number of benzene rings is 1. The van der Waals surface area contributed by atoms with Crippen molar-refractivity contribution in [3.63, 3.8) is 0 Å². The van der Waals surface area contributed by atoms with Crippen LogP contribution in [0.2, 0.25) is 0 Å². The van der Waals surface area contributed by atoms with E-state index >= 15 is 0 Å². The molecule has 2 aliphatic rings. The second kappa shape index (κ2) is 10.7. The van der Waals surface area contributed by atoms with Crippen molar-refractivity contribution in [3.05, 3.63) is 58.8 Å². The van der Waals surface area contributed by atoms with Gasteiger partial charge in [-0.3, -0.25) is 4.79 Å². The average molecular weight is 496 g/mol. The van der Waals surface area contributed by atoms with Gasteiger partial charge in [-0.1, -0.05) is 31.2 Å². The van der Waals surface area contributed by atoms with Gasteiger partial charge in [-0.2, -0.15) is 0 Å². The summed E-state index contributed by atoms with van der Waals surface area (Å²) in [4.78, 5) is 17.8. The van der Waals surface area contributed by atoms with Gasteiger partial charge in [-0.25, -0.2) is 13.5 Å². The van der Waals surface area contributed by atoms with E-state index in [1.807, 2.05) is 50.2 Å². The Balaban J connectivity index is 1.86.